The van der Waals surface area contributed by atoms with Crippen LogP contribution in [-0.4, -0.2) is 44.2 Å². The number of hydrogen-bond donors (Lipinski definition) is 6. The lowest BCUT2D eigenvalue weighted by atomic mass is 9.84. The van der Waals surface area contributed by atoms with Gasteiger partial charge in [-0.25, -0.2) is 0 Å². The summed E-state index contributed by atoms with van der Waals surface area (Å²) in [7, 11) is 1.32. The van der Waals surface area contributed by atoms with Crippen LogP contribution >= 0.6 is 0 Å². The number of hydrogen-bond acceptors (Lipinski definition) is 5. The van der Waals surface area contributed by atoms with E-state index in [1.54, 1.807) is 0 Å². The zero-order valence-corrected chi connectivity index (χ0v) is 26.1. The summed E-state index contributed by atoms with van der Waals surface area (Å²) in [5, 5.41) is 26.9. The van der Waals surface area contributed by atoms with Crippen molar-refractivity contribution in [3.05, 3.63) is 84.8 Å². The normalized spacial score (nSPS) is 26.2. The first-order valence-corrected chi connectivity index (χ1v) is 15.2. The molecule has 4 atom stereocenters. The molecule has 0 radical (unpaired) electrons. The fourth-order valence-electron chi connectivity index (χ4n) is 7.47. The van der Waals surface area contributed by atoms with Crippen LogP contribution in [0.25, 0.3) is 29.9 Å². The number of aliphatic hydroxyl groups is 1. The number of carboxylic acid groups (broad SMARTS) is 1. The molecular weight excluding hydrogens is 556 g/mol. The molecule has 0 spiro atoms. The molecule has 5 heterocycles. The van der Waals surface area contributed by atoms with Crippen molar-refractivity contribution in [2.24, 2.45) is 17.8 Å². The minimum absolute atomic E-state index is 0.0306. The van der Waals surface area contributed by atoms with Gasteiger partial charge in [0.15, 0.2) is 0 Å². The number of carboxylic acids is 1. The number of aliphatic hydroxyl groups excluding tert-OH is 1. The molecule has 1 aliphatic carbocycles. The van der Waals surface area contributed by atoms with Crippen LogP contribution in [0.5, 0.6) is 0 Å². The van der Waals surface area contributed by atoms with Crippen LogP contribution in [0.4, 0.5) is 0 Å². The van der Waals surface area contributed by atoms with Crippen LogP contribution in [0.15, 0.2) is 18.0 Å². The van der Waals surface area contributed by atoms with Crippen LogP contribution in [0.2, 0.25) is 0 Å². The molecule has 1 unspecified atom stereocenters. The zero-order valence-electron chi connectivity index (χ0n) is 26.1. The summed E-state index contributed by atoms with van der Waals surface area (Å²) in [5.41, 5.74) is 11.5. The Kier molecular flexibility index (Phi) is 7.32. The Bertz CT molecular complexity index is 1910. The molecule has 2 aliphatic heterocycles. The van der Waals surface area contributed by atoms with E-state index in [0.717, 1.165) is 67.8 Å². The van der Waals surface area contributed by atoms with Crippen molar-refractivity contribution in [2.45, 2.75) is 60.0 Å². The molecular formula is C35H40N4O5. The van der Waals surface area contributed by atoms with Crippen molar-refractivity contribution < 1.29 is 24.5 Å². The van der Waals surface area contributed by atoms with Gasteiger partial charge < -0.3 is 35.2 Å². The van der Waals surface area contributed by atoms with Gasteiger partial charge in [-0.15, -0.1) is 0 Å². The molecule has 3 aromatic heterocycles. The highest BCUT2D eigenvalue weighted by Crippen LogP contribution is 2.52. The highest BCUT2D eigenvalue weighted by atomic mass is 16.5. The molecule has 3 aromatic rings. The van der Waals surface area contributed by atoms with Crippen LogP contribution in [0.1, 0.15) is 88.9 Å². The van der Waals surface area contributed by atoms with Gasteiger partial charge in [0.1, 0.15) is 5.92 Å². The number of H-pyrrole nitrogens is 3. The lowest BCUT2D eigenvalue weighted by molar-refractivity contribution is -0.146. The van der Waals surface area contributed by atoms with Crippen LogP contribution in [0.3, 0.4) is 0 Å². The third-order valence-corrected chi connectivity index (χ3v) is 9.94. The van der Waals surface area contributed by atoms with E-state index in [1.807, 2.05) is 13.0 Å². The molecule has 0 aromatic carbocycles. The second-order valence-electron chi connectivity index (χ2n) is 12.2. The number of methoxy groups -OCH3 is 1. The van der Waals surface area contributed by atoms with E-state index in [4.69, 9.17) is 4.74 Å². The number of allylic oxidation sites excluding steroid dienone is 2. The average Bonchev–Trinajstić information content (AvgIpc) is 3.72. The van der Waals surface area contributed by atoms with E-state index in [2.05, 4.69) is 72.8 Å². The molecule has 1 saturated heterocycles. The number of esters is 1. The predicted octanol–water partition coefficient (Wildman–Crippen LogP) is 4.08. The zero-order chi connectivity index (χ0) is 31.6. The van der Waals surface area contributed by atoms with Gasteiger partial charge in [0.25, 0.3) is 0 Å². The maximum Gasteiger partial charge on any atom is 0.316 e. The standard InChI is InChI=1S/C35H40N4O5/c1-8-19-15(3)22-12-24-17(5)21(10-11-28(40)41)32(38-24)30-31(35(43)44-7)34(42)29-18(6)25(39-33(29)30)14-27-20(9-2)16(4)23(37-27)13-26(19)36-22/h8,12-14,17,21,31,34,36-39,42H,1,9-11H2,2-7H3,(H,40,41)/b23-13-,24-12-,27-14-,32-30-/t17-,21-,31+,34?/m0/s1. The molecule has 6 N–H and O–H groups in total. The van der Waals surface area contributed by atoms with E-state index < -0.39 is 24.0 Å². The number of aliphatic carboxylic acids is 1. The van der Waals surface area contributed by atoms with Gasteiger partial charge in [-0.05, 0) is 74.1 Å². The third kappa shape index (κ3) is 4.40. The summed E-state index contributed by atoms with van der Waals surface area (Å²) in [5.74, 6) is -2.70. The molecule has 9 heteroatoms. The number of aromatic amines is 3. The number of aromatic nitrogens is 3. The summed E-state index contributed by atoms with van der Waals surface area (Å²) in [6, 6.07) is 0. The molecule has 9 nitrogen and oxygen atoms in total. The van der Waals surface area contributed by atoms with Crippen molar-refractivity contribution in [3.63, 3.8) is 0 Å². The maximum atomic E-state index is 13.3. The smallest absolute Gasteiger partial charge is 0.316 e. The summed E-state index contributed by atoms with van der Waals surface area (Å²) < 4.78 is 5.21. The molecule has 6 rings (SSSR count). The van der Waals surface area contributed by atoms with Gasteiger partial charge in [-0.2, -0.15) is 0 Å². The molecule has 44 heavy (non-hydrogen) atoms. The SMILES string of the molecule is C=Cc1c2[nH]c(c1C)/C=C1\N/C(=C3\c4[nH]c(c(C)c4C(O)[C@@H]3C(=O)OC)/C=c3\[nH]/c(c(C)c3CC)=C\2)[C@@H](CCC(=O)O)[C@@H]1C. The maximum absolute atomic E-state index is 13.3. The number of ether oxygens (including phenoxy) is 1. The second-order valence-corrected chi connectivity index (χ2v) is 12.2. The minimum atomic E-state index is -1.12. The monoisotopic (exact) mass is 596 g/mol. The Morgan fingerprint density at radius 2 is 1.70 bits per heavy atom. The molecule has 8 bridgehead atoms. The molecule has 0 saturated carbocycles. The summed E-state index contributed by atoms with van der Waals surface area (Å²) in [6.07, 6.45) is 8.17. The highest BCUT2D eigenvalue weighted by molar-refractivity contribution is 5.95. The van der Waals surface area contributed by atoms with Gasteiger partial charge in [-0.3, -0.25) is 9.59 Å². The van der Waals surface area contributed by atoms with E-state index in [9.17, 15) is 19.8 Å². The first kappa shape index (κ1) is 29.6. The fraction of sp³-hybridized carbons (Fsp3) is 0.371. The summed E-state index contributed by atoms with van der Waals surface area (Å²) >= 11 is 0. The van der Waals surface area contributed by atoms with Crippen LogP contribution < -0.4 is 16.0 Å². The molecule has 1 fully saturated rings. The van der Waals surface area contributed by atoms with Gasteiger partial charge in [0.05, 0.1) is 18.9 Å². The van der Waals surface area contributed by atoms with Crippen molar-refractivity contribution in [2.75, 3.05) is 7.11 Å². The molecule has 0 amide bonds. The van der Waals surface area contributed by atoms with Gasteiger partial charge in [0, 0.05) is 74.1 Å². The predicted molar refractivity (Wildman–Crippen MR) is 170 cm³/mol. The summed E-state index contributed by atoms with van der Waals surface area (Å²) in [6.45, 7) is 14.4. The third-order valence-electron chi connectivity index (χ3n) is 9.94. The van der Waals surface area contributed by atoms with Gasteiger partial charge in [-0.1, -0.05) is 26.5 Å². The Morgan fingerprint density at radius 1 is 1.00 bits per heavy atom. The lowest BCUT2D eigenvalue weighted by Crippen LogP contribution is -2.24. The minimum Gasteiger partial charge on any atom is -0.481 e. The quantitative estimate of drug-likeness (QED) is 0.237. The van der Waals surface area contributed by atoms with Crippen LogP contribution in [0, 0.1) is 38.5 Å². The number of carbonyl (C=O) groups excluding carboxylic acids is 1. The van der Waals surface area contributed by atoms with E-state index >= 15 is 0 Å². The number of rotatable bonds is 6. The summed E-state index contributed by atoms with van der Waals surface area (Å²) in [4.78, 5) is 35.8. The topological polar surface area (TPSA) is 143 Å². The Morgan fingerprint density at radius 3 is 2.36 bits per heavy atom. The first-order chi connectivity index (χ1) is 21.0. The van der Waals surface area contributed by atoms with E-state index in [-0.39, 0.29) is 18.3 Å². The van der Waals surface area contributed by atoms with Gasteiger partial charge in [0.2, 0.25) is 0 Å². The largest absolute Gasteiger partial charge is 0.481 e. The van der Waals surface area contributed by atoms with Crippen LogP contribution in [-0.2, 0) is 20.7 Å². The average molecular weight is 597 g/mol. The van der Waals surface area contributed by atoms with Gasteiger partial charge >= 0.3 is 11.9 Å². The number of carbonyl (C=O) groups is 2. The van der Waals surface area contributed by atoms with Crippen molar-refractivity contribution in [1.29, 1.82) is 0 Å². The van der Waals surface area contributed by atoms with E-state index in [0.29, 0.717) is 23.3 Å². The Balaban J connectivity index is 1.73. The van der Waals surface area contributed by atoms with Crippen molar-refractivity contribution in [3.8, 4) is 0 Å². The highest BCUT2D eigenvalue weighted by Gasteiger charge is 2.48. The first-order valence-electron chi connectivity index (χ1n) is 15.2. The van der Waals surface area contributed by atoms with Crippen molar-refractivity contribution in [1.82, 2.24) is 20.3 Å². The van der Waals surface area contributed by atoms with Crippen molar-refractivity contribution >= 4 is 41.8 Å². The Hall–Kier alpha value is -4.50. The number of fused-ring (bicyclic) bond motifs is 7. The lowest BCUT2D eigenvalue weighted by Gasteiger charge is -2.21. The molecule has 3 aliphatic rings. The van der Waals surface area contributed by atoms with E-state index in [1.165, 1.54) is 12.7 Å². The fourth-order valence-corrected chi connectivity index (χ4v) is 7.47. The second kappa shape index (κ2) is 10.9. The number of nitrogens with one attached hydrogen (secondary N) is 4. The Labute approximate surface area is 256 Å². The molecule has 230 valence electrons.